The molecule has 0 aliphatic carbocycles. The summed E-state index contributed by atoms with van der Waals surface area (Å²) < 4.78 is 0. The first-order chi connectivity index (χ1) is 9.59. The molecule has 20 heavy (non-hydrogen) atoms. The Morgan fingerprint density at radius 2 is 2.15 bits per heavy atom. The highest BCUT2D eigenvalue weighted by molar-refractivity contribution is 7.10. The van der Waals surface area contributed by atoms with Crippen molar-refractivity contribution in [3.8, 4) is 0 Å². The first-order valence-electron chi connectivity index (χ1n) is 6.96. The Morgan fingerprint density at radius 1 is 1.35 bits per heavy atom. The molecule has 2 aliphatic rings. The van der Waals surface area contributed by atoms with Gasteiger partial charge in [0, 0.05) is 18.0 Å². The number of thiophene rings is 1. The molecule has 3 heterocycles. The first-order valence-corrected chi connectivity index (χ1v) is 7.84. The van der Waals surface area contributed by atoms with Gasteiger partial charge in [0.15, 0.2) is 0 Å². The molecular formula is C14H18N2O3S. The number of amides is 2. The second-order valence-electron chi connectivity index (χ2n) is 5.39. The highest BCUT2D eigenvalue weighted by Gasteiger charge is 2.38. The lowest BCUT2D eigenvalue weighted by Gasteiger charge is -2.37. The van der Waals surface area contributed by atoms with Gasteiger partial charge in [-0.2, -0.15) is 0 Å². The maximum Gasteiger partial charge on any atom is 0.326 e. The second kappa shape index (κ2) is 5.09. The third-order valence-electron chi connectivity index (χ3n) is 4.31. The molecule has 5 nitrogen and oxygen atoms in total. The van der Waals surface area contributed by atoms with E-state index in [0.717, 1.165) is 12.8 Å². The van der Waals surface area contributed by atoms with E-state index in [0.29, 0.717) is 19.5 Å². The van der Waals surface area contributed by atoms with Crippen LogP contribution in [0.1, 0.15) is 36.2 Å². The molecule has 0 spiro atoms. The summed E-state index contributed by atoms with van der Waals surface area (Å²) in [6.45, 7) is 3.25. The van der Waals surface area contributed by atoms with Crippen LogP contribution < -0.4 is 0 Å². The van der Waals surface area contributed by atoms with Crippen LogP contribution in [-0.2, 0) is 11.2 Å². The van der Waals surface area contributed by atoms with Gasteiger partial charge in [-0.15, -0.1) is 11.3 Å². The lowest BCUT2D eigenvalue weighted by Crippen LogP contribution is -2.50. The molecule has 3 rings (SSSR count). The molecule has 108 valence electrons. The summed E-state index contributed by atoms with van der Waals surface area (Å²) in [5.41, 5.74) is 1.21. The predicted molar refractivity (Wildman–Crippen MR) is 75.9 cm³/mol. The number of likely N-dealkylation sites (tertiary alicyclic amines) is 1. The maximum absolute atomic E-state index is 12.6. The molecule has 1 unspecified atom stereocenters. The minimum absolute atomic E-state index is 0.0348. The van der Waals surface area contributed by atoms with E-state index in [9.17, 15) is 14.7 Å². The molecule has 2 aliphatic heterocycles. The van der Waals surface area contributed by atoms with Gasteiger partial charge in [0.2, 0.25) is 0 Å². The topological polar surface area (TPSA) is 60.9 Å². The molecule has 0 bridgehead atoms. The maximum atomic E-state index is 12.6. The van der Waals surface area contributed by atoms with Gasteiger partial charge < -0.3 is 14.9 Å². The molecule has 0 saturated carbocycles. The Bertz CT molecular complexity index is 542. The van der Waals surface area contributed by atoms with E-state index in [1.54, 1.807) is 11.3 Å². The molecule has 1 aromatic rings. The quantitative estimate of drug-likeness (QED) is 0.864. The van der Waals surface area contributed by atoms with Crippen LogP contribution in [0, 0.1) is 0 Å². The minimum Gasteiger partial charge on any atom is -0.480 e. The SMILES string of the molecule is CC1c2ccsc2CCN1C(=O)N1CCC[C@@H]1C(=O)O. The average Bonchev–Trinajstić information content (AvgIpc) is 3.07. The third-order valence-corrected chi connectivity index (χ3v) is 5.30. The number of fused-ring (bicyclic) bond motifs is 1. The fourth-order valence-corrected chi connectivity index (χ4v) is 4.15. The monoisotopic (exact) mass is 294 g/mol. The van der Waals surface area contributed by atoms with Gasteiger partial charge in [-0.3, -0.25) is 0 Å². The summed E-state index contributed by atoms with van der Waals surface area (Å²) in [7, 11) is 0. The number of urea groups is 1. The fourth-order valence-electron chi connectivity index (χ4n) is 3.19. The summed E-state index contributed by atoms with van der Waals surface area (Å²) >= 11 is 1.73. The lowest BCUT2D eigenvalue weighted by molar-refractivity contribution is -0.141. The van der Waals surface area contributed by atoms with Crippen molar-refractivity contribution in [2.75, 3.05) is 13.1 Å². The van der Waals surface area contributed by atoms with E-state index < -0.39 is 12.0 Å². The van der Waals surface area contributed by atoms with Crippen molar-refractivity contribution < 1.29 is 14.7 Å². The van der Waals surface area contributed by atoms with Crippen molar-refractivity contribution in [3.63, 3.8) is 0 Å². The largest absolute Gasteiger partial charge is 0.480 e. The number of carbonyl (C=O) groups is 2. The number of aliphatic carboxylic acids is 1. The standard InChI is InChI=1S/C14H18N2O3S/c1-9-10-5-8-20-12(10)4-7-15(9)14(19)16-6-2-3-11(16)13(17)18/h5,8-9,11H,2-4,6-7H2,1H3,(H,17,18)/t9?,11-/m1/s1. The van der Waals surface area contributed by atoms with Crippen molar-refractivity contribution in [1.29, 1.82) is 0 Å². The molecule has 0 aromatic carbocycles. The normalized spacial score (nSPS) is 25.6. The van der Waals surface area contributed by atoms with E-state index in [-0.39, 0.29) is 12.1 Å². The van der Waals surface area contributed by atoms with Gasteiger partial charge in [0.25, 0.3) is 0 Å². The van der Waals surface area contributed by atoms with Crippen LogP contribution in [0.2, 0.25) is 0 Å². The van der Waals surface area contributed by atoms with Crippen LogP contribution in [0.15, 0.2) is 11.4 Å². The smallest absolute Gasteiger partial charge is 0.326 e. The van der Waals surface area contributed by atoms with Crippen molar-refractivity contribution in [2.24, 2.45) is 0 Å². The molecule has 2 amide bonds. The predicted octanol–water partition coefficient (Wildman–Crippen LogP) is 2.34. The van der Waals surface area contributed by atoms with Gasteiger partial charge >= 0.3 is 12.0 Å². The summed E-state index contributed by atoms with van der Waals surface area (Å²) in [6.07, 6.45) is 2.20. The van der Waals surface area contributed by atoms with Gasteiger partial charge in [-0.05, 0) is 43.2 Å². The molecule has 0 radical (unpaired) electrons. The highest BCUT2D eigenvalue weighted by atomic mass is 32.1. The number of hydrogen-bond donors (Lipinski definition) is 1. The number of carboxylic acid groups (broad SMARTS) is 1. The molecule has 1 fully saturated rings. The van der Waals surface area contributed by atoms with Crippen LogP contribution in [0.4, 0.5) is 4.79 Å². The number of hydrogen-bond acceptors (Lipinski definition) is 3. The Kier molecular flexibility index (Phi) is 3.41. The van der Waals surface area contributed by atoms with Crippen LogP contribution >= 0.6 is 11.3 Å². The zero-order valence-electron chi connectivity index (χ0n) is 11.4. The van der Waals surface area contributed by atoms with E-state index in [1.165, 1.54) is 15.3 Å². The third kappa shape index (κ3) is 2.08. The minimum atomic E-state index is -0.892. The lowest BCUT2D eigenvalue weighted by atomic mass is 10.0. The molecule has 1 N–H and O–H groups in total. The summed E-state index contributed by atoms with van der Waals surface area (Å²) in [4.78, 5) is 28.6. The van der Waals surface area contributed by atoms with Gasteiger partial charge in [-0.1, -0.05) is 0 Å². The second-order valence-corrected chi connectivity index (χ2v) is 6.39. The average molecular weight is 294 g/mol. The van der Waals surface area contributed by atoms with E-state index in [2.05, 4.69) is 11.4 Å². The fraction of sp³-hybridized carbons (Fsp3) is 0.571. The van der Waals surface area contributed by atoms with Crippen molar-refractivity contribution in [1.82, 2.24) is 9.80 Å². The zero-order valence-corrected chi connectivity index (χ0v) is 12.2. The van der Waals surface area contributed by atoms with Gasteiger partial charge in [0.1, 0.15) is 6.04 Å². The van der Waals surface area contributed by atoms with E-state index >= 15 is 0 Å². The number of carbonyl (C=O) groups excluding carboxylic acids is 1. The summed E-state index contributed by atoms with van der Waals surface area (Å²) in [5, 5.41) is 11.3. The number of carboxylic acids is 1. The molecule has 2 atom stereocenters. The highest BCUT2D eigenvalue weighted by Crippen LogP contribution is 2.34. The van der Waals surface area contributed by atoms with Crippen LogP contribution in [0.5, 0.6) is 0 Å². The Hall–Kier alpha value is -1.56. The Morgan fingerprint density at radius 3 is 2.90 bits per heavy atom. The Labute approximate surface area is 121 Å². The van der Waals surface area contributed by atoms with Crippen LogP contribution in [0.25, 0.3) is 0 Å². The molecule has 6 heteroatoms. The van der Waals surface area contributed by atoms with Gasteiger partial charge in [0.05, 0.1) is 6.04 Å². The van der Waals surface area contributed by atoms with E-state index in [1.807, 2.05) is 11.8 Å². The van der Waals surface area contributed by atoms with Crippen LogP contribution in [0.3, 0.4) is 0 Å². The van der Waals surface area contributed by atoms with Gasteiger partial charge in [-0.25, -0.2) is 9.59 Å². The van der Waals surface area contributed by atoms with E-state index in [4.69, 9.17) is 0 Å². The van der Waals surface area contributed by atoms with Crippen molar-refractivity contribution >= 4 is 23.3 Å². The number of nitrogens with zero attached hydrogens (tertiary/aromatic N) is 2. The van der Waals surface area contributed by atoms with Crippen LogP contribution in [-0.4, -0.2) is 46.0 Å². The van der Waals surface area contributed by atoms with Crippen molar-refractivity contribution in [3.05, 3.63) is 21.9 Å². The summed E-state index contributed by atoms with van der Waals surface area (Å²) in [6, 6.07) is 1.33. The first kappa shape index (κ1) is 13.4. The molecule has 1 aromatic heterocycles. The molecule has 1 saturated heterocycles. The summed E-state index contributed by atoms with van der Waals surface area (Å²) in [5.74, 6) is -0.892. The zero-order chi connectivity index (χ0) is 14.3. The number of rotatable bonds is 1. The Balaban J connectivity index is 1.80. The van der Waals surface area contributed by atoms with Crippen molar-refractivity contribution in [2.45, 2.75) is 38.3 Å². The molecular weight excluding hydrogens is 276 g/mol.